The standard InChI is InChI=1S/C16H20N4/c1-16(2,3)19-11-14-7-5-9-20(14)12-13-6-4-8-18-15(13)10-17/h4-9,19H,11-12H2,1-3H3. The molecule has 2 heterocycles. The van der Waals surface area contributed by atoms with Crippen molar-refractivity contribution in [3.05, 3.63) is 53.6 Å². The van der Waals surface area contributed by atoms with Crippen LogP contribution in [0.3, 0.4) is 0 Å². The van der Waals surface area contributed by atoms with Crippen LogP contribution >= 0.6 is 0 Å². The number of aromatic nitrogens is 2. The second-order valence-corrected chi connectivity index (χ2v) is 5.85. The molecule has 2 aromatic rings. The molecule has 0 unspecified atom stereocenters. The summed E-state index contributed by atoms with van der Waals surface area (Å²) in [4.78, 5) is 4.10. The zero-order chi connectivity index (χ0) is 14.6. The van der Waals surface area contributed by atoms with E-state index in [9.17, 15) is 0 Å². The number of rotatable bonds is 4. The second-order valence-electron chi connectivity index (χ2n) is 5.85. The van der Waals surface area contributed by atoms with Crippen LogP contribution in [0.2, 0.25) is 0 Å². The van der Waals surface area contributed by atoms with Gasteiger partial charge in [0.2, 0.25) is 0 Å². The van der Waals surface area contributed by atoms with Crippen LogP contribution in [0, 0.1) is 11.3 Å². The van der Waals surface area contributed by atoms with Gasteiger partial charge >= 0.3 is 0 Å². The second kappa shape index (κ2) is 5.89. The quantitative estimate of drug-likeness (QED) is 0.927. The smallest absolute Gasteiger partial charge is 0.145 e. The Balaban J connectivity index is 2.15. The fraction of sp³-hybridized carbons (Fsp3) is 0.375. The van der Waals surface area contributed by atoms with Gasteiger partial charge in [-0.15, -0.1) is 0 Å². The fourth-order valence-electron chi connectivity index (χ4n) is 1.97. The van der Waals surface area contributed by atoms with E-state index in [-0.39, 0.29) is 5.54 Å². The highest BCUT2D eigenvalue weighted by Gasteiger charge is 2.11. The van der Waals surface area contributed by atoms with E-state index >= 15 is 0 Å². The molecule has 20 heavy (non-hydrogen) atoms. The predicted molar refractivity (Wildman–Crippen MR) is 79.1 cm³/mol. The van der Waals surface area contributed by atoms with E-state index in [0.29, 0.717) is 12.2 Å². The topological polar surface area (TPSA) is 53.6 Å². The van der Waals surface area contributed by atoms with Gasteiger partial charge in [-0.1, -0.05) is 6.07 Å². The Morgan fingerprint density at radius 3 is 2.80 bits per heavy atom. The first-order chi connectivity index (χ1) is 9.49. The molecule has 0 aliphatic carbocycles. The van der Waals surface area contributed by atoms with Gasteiger partial charge in [-0.2, -0.15) is 5.26 Å². The summed E-state index contributed by atoms with van der Waals surface area (Å²) in [6, 6.07) is 10.1. The van der Waals surface area contributed by atoms with E-state index in [1.54, 1.807) is 6.20 Å². The molecule has 1 N–H and O–H groups in total. The zero-order valence-electron chi connectivity index (χ0n) is 12.2. The summed E-state index contributed by atoms with van der Waals surface area (Å²) in [7, 11) is 0. The summed E-state index contributed by atoms with van der Waals surface area (Å²) in [6.45, 7) is 7.92. The van der Waals surface area contributed by atoms with Crippen molar-refractivity contribution >= 4 is 0 Å². The molecule has 0 radical (unpaired) electrons. The Hall–Kier alpha value is -2.12. The Labute approximate surface area is 120 Å². The number of nitriles is 1. The molecule has 0 saturated carbocycles. The van der Waals surface area contributed by atoms with Crippen molar-refractivity contribution in [1.29, 1.82) is 5.26 Å². The van der Waals surface area contributed by atoms with Gasteiger partial charge in [0.25, 0.3) is 0 Å². The Kier molecular flexibility index (Phi) is 4.21. The van der Waals surface area contributed by atoms with Gasteiger partial charge in [0, 0.05) is 35.7 Å². The van der Waals surface area contributed by atoms with Crippen LogP contribution < -0.4 is 5.32 Å². The molecule has 0 saturated heterocycles. The number of nitrogens with zero attached hydrogens (tertiary/aromatic N) is 3. The molecular formula is C16H20N4. The molecule has 0 aliphatic heterocycles. The summed E-state index contributed by atoms with van der Waals surface area (Å²) in [6.07, 6.45) is 3.69. The predicted octanol–water partition coefficient (Wildman–Crippen LogP) is 2.69. The number of pyridine rings is 1. The summed E-state index contributed by atoms with van der Waals surface area (Å²) in [5, 5.41) is 12.6. The first-order valence-corrected chi connectivity index (χ1v) is 6.72. The lowest BCUT2D eigenvalue weighted by Gasteiger charge is -2.21. The van der Waals surface area contributed by atoms with Crippen LogP contribution in [0.4, 0.5) is 0 Å². The van der Waals surface area contributed by atoms with Crippen LogP contribution in [0.25, 0.3) is 0 Å². The van der Waals surface area contributed by atoms with E-state index < -0.39 is 0 Å². The van der Waals surface area contributed by atoms with Crippen molar-refractivity contribution in [3.8, 4) is 6.07 Å². The van der Waals surface area contributed by atoms with E-state index in [4.69, 9.17) is 5.26 Å². The van der Waals surface area contributed by atoms with E-state index in [0.717, 1.165) is 12.1 Å². The molecule has 0 aliphatic rings. The SMILES string of the molecule is CC(C)(C)NCc1cccn1Cc1cccnc1C#N. The number of nitrogens with one attached hydrogen (secondary N) is 1. The zero-order valence-corrected chi connectivity index (χ0v) is 12.2. The molecule has 0 bridgehead atoms. The molecule has 0 fully saturated rings. The number of hydrogen-bond acceptors (Lipinski definition) is 3. The van der Waals surface area contributed by atoms with Gasteiger partial charge in [0.05, 0.1) is 6.54 Å². The Bertz CT molecular complexity index is 614. The third-order valence-electron chi connectivity index (χ3n) is 3.06. The van der Waals surface area contributed by atoms with Gasteiger partial charge in [0.1, 0.15) is 11.8 Å². The lowest BCUT2D eigenvalue weighted by Crippen LogP contribution is -2.35. The minimum Gasteiger partial charge on any atom is -0.346 e. The van der Waals surface area contributed by atoms with Crippen LogP contribution in [0.1, 0.15) is 37.7 Å². The summed E-state index contributed by atoms with van der Waals surface area (Å²) in [5.74, 6) is 0. The third-order valence-corrected chi connectivity index (χ3v) is 3.06. The minimum absolute atomic E-state index is 0.0845. The fourth-order valence-corrected chi connectivity index (χ4v) is 1.97. The molecule has 0 amide bonds. The lowest BCUT2D eigenvalue weighted by atomic mass is 10.1. The molecule has 0 spiro atoms. The monoisotopic (exact) mass is 268 g/mol. The summed E-state index contributed by atoms with van der Waals surface area (Å²) in [5.41, 5.74) is 2.73. The van der Waals surface area contributed by atoms with Crippen molar-refractivity contribution in [2.45, 2.75) is 39.4 Å². The van der Waals surface area contributed by atoms with Crippen molar-refractivity contribution in [2.24, 2.45) is 0 Å². The highest BCUT2D eigenvalue weighted by molar-refractivity contribution is 5.31. The Morgan fingerprint density at radius 2 is 2.10 bits per heavy atom. The van der Waals surface area contributed by atoms with Gasteiger partial charge in [-0.3, -0.25) is 0 Å². The van der Waals surface area contributed by atoms with Crippen LogP contribution in [-0.4, -0.2) is 15.1 Å². The summed E-state index contributed by atoms with van der Waals surface area (Å²) < 4.78 is 2.15. The average molecular weight is 268 g/mol. The maximum atomic E-state index is 9.09. The van der Waals surface area contributed by atoms with Crippen molar-refractivity contribution < 1.29 is 0 Å². The third kappa shape index (κ3) is 3.69. The highest BCUT2D eigenvalue weighted by atomic mass is 15.0. The van der Waals surface area contributed by atoms with Gasteiger partial charge < -0.3 is 9.88 Å². The van der Waals surface area contributed by atoms with Gasteiger partial charge in [-0.25, -0.2) is 4.98 Å². The first-order valence-electron chi connectivity index (χ1n) is 6.72. The number of hydrogen-bond donors (Lipinski definition) is 1. The molecule has 104 valence electrons. The minimum atomic E-state index is 0.0845. The first kappa shape index (κ1) is 14.3. The van der Waals surface area contributed by atoms with E-state index in [2.05, 4.69) is 47.8 Å². The van der Waals surface area contributed by atoms with Crippen molar-refractivity contribution in [1.82, 2.24) is 14.9 Å². The largest absolute Gasteiger partial charge is 0.346 e. The van der Waals surface area contributed by atoms with Crippen LogP contribution in [0.15, 0.2) is 36.7 Å². The maximum Gasteiger partial charge on any atom is 0.145 e. The molecule has 4 nitrogen and oxygen atoms in total. The van der Waals surface area contributed by atoms with Crippen molar-refractivity contribution in [2.75, 3.05) is 0 Å². The molecule has 2 rings (SSSR count). The molecule has 0 atom stereocenters. The molecular weight excluding hydrogens is 248 g/mol. The average Bonchev–Trinajstić information content (AvgIpc) is 2.83. The van der Waals surface area contributed by atoms with Gasteiger partial charge in [0.15, 0.2) is 0 Å². The normalized spacial score (nSPS) is 11.3. The molecule has 4 heteroatoms. The van der Waals surface area contributed by atoms with Gasteiger partial charge in [-0.05, 0) is 39.0 Å². The van der Waals surface area contributed by atoms with Crippen LogP contribution in [0.5, 0.6) is 0 Å². The Morgan fingerprint density at radius 1 is 1.30 bits per heavy atom. The van der Waals surface area contributed by atoms with Crippen molar-refractivity contribution in [3.63, 3.8) is 0 Å². The molecule has 2 aromatic heterocycles. The van der Waals surface area contributed by atoms with Crippen LogP contribution in [-0.2, 0) is 13.1 Å². The van der Waals surface area contributed by atoms with E-state index in [1.807, 2.05) is 24.4 Å². The lowest BCUT2D eigenvalue weighted by molar-refractivity contribution is 0.417. The van der Waals surface area contributed by atoms with E-state index in [1.165, 1.54) is 5.69 Å². The summed E-state index contributed by atoms with van der Waals surface area (Å²) >= 11 is 0. The highest BCUT2D eigenvalue weighted by Crippen LogP contribution is 2.11. The maximum absolute atomic E-state index is 9.09. The molecule has 0 aromatic carbocycles.